The number of ketones is 1. The largest absolute Gasteiger partial charge is 0.573 e. The maximum atomic E-state index is 13.2. The standard InChI is InChI=1S/C36H37F3N4O6S/c1-35(13-14-35)50(45,46)19-28(44)24-6-4-7-27-33(24)40-17-30(41-27)42-31-21-11-12-22(31)16-23(15-21)47-18-26-32(43-49-34(26)20-9-10-20)25-5-2-3-8-29(25)48-36(37,38)39/h2-8,17,20-23,31H,9-16,18-19H2,1H3,(H,41,42). The first kappa shape index (κ1) is 33.1. The highest BCUT2D eigenvalue weighted by molar-refractivity contribution is 7.93. The molecule has 1 N–H and O–H groups in total. The normalized spacial score (nSPS) is 24.3. The molecule has 2 atom stereocenters. The first-order valence-electron chi connectivity index (χ1n) is 17.1. The van der Waals surface area contributed by atoms with Gasteiger partial charge in [0, 0.05) is 28.7 Å². The molecule has 14 heteroatoms. The van der Waals surface area contributed by atoms with Crippen molar-refractivity contribution in [3.63, 3.8) is 0 Å². The van der Waals surface area contributed by atoms with Crippen LogP contribution >= 0.6 is 0 Å². The van der Waals surface area contributed by atoms with Crippen molar-refractivity contribution in [3.8, 4) is 17.0 Å². The summed E-state index contributed by atoms with van der Waals surface area (Å²) in [5, 5.41) is 7.78. The van der Waals surface area contributed by atoms with E-state index in [-0.39, 0.29) is 41.5 Å². The molecule has 4 aliphatic rings. The number of ether oxygens (including phenoxy) is 2. The number of Topliss-reactive ketones (excluding diaryl/α,β-unsaturated/α-hetero) is 1. The monoisotopic (exact) mass is 710 g/mol. The van der Waals surface area contributed by atoms with Crippen LogP contribution in [-0.4, -0.2) is 58.3 Å². The van der Waals surface area contributed by atoms with Crippen molar-refractivity contribution in [2.75, 3.05) is 11.1 Å². The van der Waals surface area contributed by atoms with Crippen LogP contribution in [0.5, 0.6) is 5.75 Å². The minimum absolute atomic E-state index is 0.0487. The summed E-state index contributed by atoms with van der Waals surface area (Å²) in [6, 6.07) is 11.2. The predicted octanol–water partition coefficient (Wildman–Crippen LogP) is 7.40. The van der Waals surface area contributed by atoms with Crippen LogP contribution in [0.15, 0.2) is 53.2 Å². The molecule has 0 aliphatic heterocycles. The first-order valence-corrected chi connectivity index (χ1v) is 18.8. The minimum atomic E-state index is -4.85. The quantitative estimate of drug-likeness (QED) is 0.148. The number of nitrogens with zero attached hydrogens (tertiary/aromatic N) is 3. The summed E-state index contributed by atoms with van der Waals surface area (Å²) in [7, 11) is -3.55. The Morgan fingerprint density at radius 2 is 1.78 bits per heavy atom. The maximum absolute atomic E-state index is 13.2. The third kappa shape index (κ3) is 6.47. The molecular formula is C36H37F3N4O6S. The van der Waals surface area contributed by atoms with Gasteiger partial charge in [-0.15, -0.1) is 13.2 Å². The van der Waals surface area contributed by atoms with Gasteiger partial charge in [-0.05, 0) is 94.4 Å². The SMILES string of the molecule is CC1(S(=O)(=O)CC(=O)c2cccc3nc(NC4C5CCC4CC(OCc4c(-c6ccccc6OC(F)(F)F)noc4C4CC4)C5)cnc23)CC1. The van der Waals surface area contributed by atoms with E-state index in [1.54, 1.807) is 43.5 Å². The molecule has 4 fully saturated rings. The Bertz CT molecular complexity index is 2050. The number of rotatable bonds is 12. The fraction of sp³-hybridized carbons (Fsp3) is 0.500. The lowest BCUT2D eigenvalue weighted by Gasteiger charge is -2.36. The van der Waals surface area contributed by atoms with E-state index in [9.17, 15) is 26.4 Å². The summed E-state index contributed by atoms with van der Waals surface area (Å²) in [5.41, 5.74) is 2.33. The second kappa shape index (κ2) is 12.3. The number of halogens is 3. The van der Waals surface area contributed by atoms with Crippen LogP contribution in [0, 0.1) is 11.8 Å². The summed E-state index contributed by atoms with van der Waals surface area (Å²) in [4.78, 5) is 22.4. The van der Waals surface area contributed by atoms with E-state index >= 15 is 0 Å². The highest BCUT2D eigenvalue weighted by Gasteiger charge is 2.50. The average Bonchev–Trinajstić information content (AvgIpc) is 4.00. The maximum Gasteiger partial charge on any atom is 0.573 e. The Morgan fingerprint density at radius 1 is 1.04 bits per heavy atom. The van der Waals surface area contributed by atoms with E-state index in [2.05, 4.69) is 20.2 Å². The number of anilines is 1. The van der Waals surface area contributed by atoms with Crippen molar-refractivity contribution in [1.82, 2.24) is 15.1 Å². The van der Waals surface area contributed by atoms with Gasteiger partial charge in [-0.3, -0.25) is 4.79 Å². The van der Waals surface area contributed by atoms with Gasteiger partial charge >= 0.3 is 6.36 Å². The van der Waals surface area contributed by atoms with E-state index in [1.807, 2.05) is 0 Å². The summed E-state index contributed by atoms with van der Waals surface area (Å²) in [6.45, 7) is 1.85. The lowest BCUT2D eigenvalue weighted by atomic mass is 9.82. The number of carbonyl (C=O) groups excluding carboxylic acids is 1. The molecule has 10 nitrogen and oxygen atoms in total. The van der Waals surface area contributed by atoms with Gasteiger partial charge in [0.15, 0.2) is 15.6 Å². The van der Waals surface area contributed by atoms with Gasteiger partial charge in [0.2, 0.25) is 0 Å². The van der Waals surface area contributed by atoms with Crippen LogP contribution in [0.25, 0.3) is 22.3 Å². The molecule has 0 amide bonds. The number of para-hydroxylation sites is 2. The number of alkyl halides is 3. The molecule has 2 unspecified atom stereocenters. The van der Waals surface area contributed by atoms with E-state index in [0.29, 0.717) is 58.5 Å². The zero-order valence-corrected chi connectivity index (χ0v) is 28.2. The number of carbonyl (C=O) groups is 1. The third-order valence-electron chi connectivity index (χ3n) is 10.9. The predicted molar refractivity (Wildman–Crippen MR) is 177 cm³/mol. The summed E-state index contributed by atoms with van der Waals surface area (Å²) >= 11 is 0. The van der Waals surface area contributed by atoms with Gasteiger partial charge in [-0.25, -0.2) is 18.4 Å². The van der Waals surface area contributed by atoms with Crippen LogP contribution in [0.1, 0.15) is 85.9 Å². The average molecular weight is 711 g/mol. The van der Waals surface area contributed by atoms with E-state index in [4.69, 9.17) is 14.2 Å². The molecule has 50 heavy (non-hydrogen) atoms. The molecule has 0 spiro atoms. The zero-order chi connectivity index (χ0) is 34.8. The minimum Gasteiger partial charge on any atom is -0.405 e. The Morgan fingerprint density at radius 3 is 2.48 bits per heavy atom. The van der Waals surface area contributed by atoms with Gasteiger partial charge in [0.1, 0.15) is 28.8 Å². The fourth-order valence-electron chi connectivity index (χ4n) is 7.68. The summed E-state index contributed by atoms with van der Waals surface area (Å²) in [5.74, 6) is 0.696. The van der Waals surface area contributed by atoms with Crippen molar-refractivity contribution >= 4 is 32.5 Å². The van der Waals surface area contributed by atoms with Gasteiger partial charge in [0.05, 0.1) is 34.7 Å². The van der Waals surface area contributed by atoms with Crippen molar-refractivity contribution < 1.29 is 40.4 Å². The molecule has 2 aromatic heterocycles. The van der Waals surface area contributed by atoms with E-state index in [0.717, 1.165) is 38.5 Å². The van der Waals surface area contributed by atoms with E-state index in [1.165, 1.54) is 12.1 Å². The number of nitrogens with one attached hydrogen (secondary N) is 1. The van der Waals surface area contributed by atoms with Crippen LogP contribution in [0.3, 0.4) is 0 Å². The second-order valence-electron chi connectivity index (χ2n) is 14.4. The molecule has 0 radical (unpaired) electrons. The van der Waals surface area contributed by atoms with Crippen LogP contribution in [0.4, 0.5) is 19.0 Å². The van der Waals surface area contributed by atoms with Crippen molar-refractivity contribution in [3.05, 3.63) is 65.5 Å². The van der Waals surface area contributed by atoms with Crippen LogP contribution in [0.2, 0.25) is 0 Å². The number of fused-ring (bicyclic) bond motifs is 3. The smallest absolute Gasteiger partial charge is 0.405 e. The fourth-order valence-corrected chi connectivity index (χ4v) is 9.25. The van der Waals surface area contributed by atoms with Crippen molar-refractivity contribution in [2.24, 2.45) is 11.8 Å². The second-order valence-corrected chi connectivity index (χ2v) is 16.9. The highest BCUT2D eigenvalue weighted by Crippen LogP contribution is 2.48. The molecule has 264 valence electrons. The van der Waals surface area contributed by atoms with Gasteiger partial charge in [-0.2, -0.15) is 0 Å². The number of hydrogen-bond donors (Lipinski definition) is 1. The number of benzene rings is 2. The van der Waals surface area contributed by atoms with Gasteiger partial charge in [-0.1, -0.05) is 23.4 Å². The Balaban J connectivity index is 0.945. The van der Waals surface area contributed by atoms with Crippen LogP contribution in [-0.2, 0) is 21.2 Å². The first-order chi connectivity index (χ1) is 23.9. The number of sulfone groups is 1. The lowest BCUT2D eigenvalue weighted by molar-refractivity contribution is -0.274. The molecule has 2 heterocycles. The highest BCUT2D eigenvalue weighted by atomic mass is 32.2. The van der Waals surface area contributed by atoms with E-state index < -0.39 is 32.5 Å². The molecular weight excluding hydrogens is 673 g/mol. The molecule has 4 aromatic rings. The molecule has 4 saturated carbocycles. The van der Waals surface area contributed by atoms with Crippen molar-refractivity contribution in [1.29, 1.82) is 0 Å². The Kier molecular flexibility index (Phi) is 8.17. The number of hydrogen-bond acceptors (Lipinski definition) is 10. The van der Waals surface area contributed by atoms with Crippen LogP contribution < -0.4 is 10.1 Å². The summed E-state index contributed by atoms with van der Waals surface area (Å²) in [6.07, 6.45) is 3.35. The lowest BCUT2D eigenvalue weighted by Crippen LogP contribution is -2.39. The summed E-state index contributed by atoms with van der Waals surface area (Å²) < 4.78 is 80.7. The third-order valence-corrected chi connectivity index (χ3v) is 13.4. The Labute approximate surface area is 287 Å². The topological polar surface area (TPSA) is 134 Å². The molecule has 0 saturated heterocycles. The van der Waals surface area contributed by atoms with Gasteiger partial charge < -0.3 is 19.3 Å². The molecule has 4 aliphatic carbocycles. The molecule has 2 bridgehead atoms. The molecule has 2 aromatic carbocycles. The van der Waals surface area contributed by atoms with Gasteiger partial charge in [0.25, 0.3) is 0 Å². The Hall–Kier alpha value is -4.04. The number of aromatic nitrogens is 3. The zero-order valence-electron chi connectivity index (χ0n) is 27.4. The van der Waals surface area contributed by atoms with Crippen molar-refractivity contribution in [2.45, 2.75) is 94.1 Å². The molecule has 8 rings (SSSR count).